The average Bonchev–Trinajstić information content (AvgIpc) is 2.46. The summed E-state index contributed by atoms with van der Waals surface area (Å²) in [7, 11) is 0. The van der Waals surface area contributed by atoms with Gasteiger partial charge in [-0.1, -0.05) is 50.8 Å². The first kappa shape index (κ1) is 16.5. The van der Waals surface area contributed by atoms with Gasteiger partial charge in [0.1, 0.15) is 18.5 Å². The molecule has 0 saturated heterocycles. The monoisotopic (exact) mass is 278 g/mol. The van der Waals surface area contributed by atoms with Crippen molar-refractivity contribution in [1.82, 2.24) is 0 Å². The van der Waals surface area contributed by atoms with Gasteiger partial charge in [-0.3, -0.25) is 4.79 Å². The molecule has 0 spiro atoms. The lowest BCUT2D eigenvalue weighted by Crippen LogP contribution is -2.21. The summed E-state index contributed by atoms with van der Waals surface area (Å²) < 4.78 is 10.9. The Balaban J connectivity index is 2.08. The van der Waals surface area contributed by atoms with Crippen molar-refractivity contribution in [2.24, 2.45) is 0 Å². The van der Waals surface area contributed by atoms with Gasteiger partial charge in [-0.25, -0.2) is 0 Å². The third-order valence-electron chi connectivity index (χ3n) is 3.04. The summed E-state index contributed by atoms with van der Waals surface area (Å²) in [5.74, 6) is 0.681. The molecule has 112 valence electrons. The van der Waals surface area contributed by atoms with Gasteiger partial charge in [-0.2, -0.15) is 0 Å². The van der Waals surface area contributed by atoms with Crippen molar-refractivity contribution in [3.05, 3.63) is 30.3 Å². The van der Waals surface area contributed by atoms with Crippen molar-refractivity contribution >= 4 is 5.97 Å². The summed E-state index contributed by atoms with van der Waals surface area (Å²) in [6, 6.07) is 9.57. The van der Waals surface area contributed by atoms with Crippen LogP contribution in [0.1, 0.15) is 52.4 Å². The Morgan fingerprint density at radius 3 is 2.50 bits per heavy atom. The number of carbonyl (C=O) groups excluding carboxylic acids is 1. The van der Waals surface area contributed by atoms with Crippen LogP contribution < -0.4 is 4.74 Å². The second-order valence-corrected chi connectivity index (χ2v) is 5.09. The van der Waals surface area contributed by atoms with Crippen molar-refractivity contribution in [2.75, 3.05) is 6.61 Å². The van der Waals surface area contributed by atoms with Crippen LogP contribution in [0.4, 0.5) is 0 Å². The van der Waals surface area contributed by atoms with Gasteiger partial charge < -0.3 is 9.47 Å². The quantitative estimate of drug-likeness (QED) is 0.471. The molecule has 1 aromatic rings. The molecule has 0 aliphatic rings. The highest BCUT2D eigenvalue weighted by Gasteiger charge is 2.08. The molecule has 1 aromatic carbocycles. The SMILES string of the molecule is CCCCCCCC(=O)OC[C@H](C)Oc1ccccc1. The topological polar surface area (TPSA) is 35.5 Å². The molecular formula is C17H26O3. The molecule has 0 aliphatic carbocycles. The van der Waals surface area contributed by atoms with Crippen LogP contribution in [0, 0.1) is 0 Å². The first-order valence-electron chi connectivity index (χ1n) is 7.59. The second-order valence-electron chi connectivity index (χ2n) is 5.09. The summed E-state index contributed by atoms with van der Waals surface area (Å²) in [4.78, 5) is 11.6. The van der Waals surface area contributed by atoms with Gasteiger partial charge in [0.2, 0.25) is 0 Å². The average molecular weight is 278 g/mol. The minimum Gasteiger partial charge on any atom is -0.487 e. The lowest BCUT2D eigenvalue weighted by atomic mass is 10.1. The van der Waals surface area contributed by atoms with E-state index in [4.69, 9.17) is 9.47 Å². The standard InChI is InChI=1S/C17H26O3/c1-3-4-5-6-10-13-17(18)19-14-15(2)20-16-11-8-7-9-12-16/h7-9,11-12,15H,3-6,10,13-14H2,1-2H3/t15-/m0/s1. The molecule has 1 atom stereocenters. The van der Waals surface area contributed by atoms with Gasteiger partial charge in [0.15, 0.2) is 0 Å². The second kappa shape index (κ2) is 10.3. The van der Waals surface area contributed by atoms with Crippen LogP contribution in [0.2, 0.25) is 0 Å². The van der Waals surface area contributed by atoms with Gasteiger partial charge in [-0.15, -0.1) is 0 Å². The van der Waals surface area contributed by atoms with Crippen molar-refractivity contribution < 1.29 is 14.3 Å². The molecule has 0 heterocycles. The predicted octanol–water partition coefficient (Wildman–Crippen LogP) is 4.36. The maximum absolute atomic E-state index is 11.6. The number of unbranched alkanes of at least 4 members (excludes halogenated alkanes) is 4. The zero-order chi connectivity index (χ0) is 14.6. The molecule has 1 rings (SSSR count). The zero-order valence-electron chi connectivity index (χ0n) is 12.6. The minimum atomic E-state index is -0.124. The van der Waals surface area contributed by atoms with E-state index in [0.717, 1.165) is 18.6 Å². The third kappa shape index (κ3) is 7.82. The Kier molecular flexibility index (Phi) is 8.52. The van der Waals surface area contributed by atoms with E-state index >= 15 is 0 Å². The van der Waals surface area contributed by atoms with Crippen LogP contribution in [0.5, 0.6) is 5.75 Å². The van der Waals surface area contributed by atoms with Gasteiger partial charge in [-0.05, 0) is 25.5 Å². The Morgan fingerprint density at radius 1 is 1.10 bits per heavy atom. The van der Waals surface area contributed by atoms with Gasteiger partial charge in [0.25, 0.3) is 0 Å². The molecule has 0 aliphatic heterocycles. The number of para-hydroxylation sites is 1. The summed E-state index contributed by atoms with van der Waals surface area (Å²) in [5.41, 5.74) is 0. The predicted molar refractivity (Wildman–Crippen MR) is 80.9 cm³/mol. The first-order chi connectivity index (χ1) is 9.72. The highest BCUT2D eigenvalue weighted by Crippen LogP contribution is 2.11. The molecule has 3 heteroatoms. The molecule has 3 nitrogen and oxygen atoms in total. The fourth-order valence-corrected chi connectivity index (χ4v) is 1.92. The number of carbonyl (C=O) groups is 1. The van der Waals surface area contributed by atoms with Gasteiger partial charge >= 0.3 is 5.97 Å². The molecule has 0 amide bonds. The molecule has 0 radical (unpaired) electrons. The third-order valence-corrected chi connectivity index (χ3v) is 3.04. The lowest BCUT2D eigenvalue weighted by Gasteiger charge is -2.14. The van der Waals surface area contributed by atoms with Crippen LogP contribution in [-0.4, -0.2) is 18.7 Å². The maximum atomic E-state index is 11.6. The lowest BCUT2D eigenvalue weighted by molar-refractivity contribution is -0.146. The van der Waals surface area contributed by atoms with Crippen LogP contribution in [0.25, 0.3) is 0 Å². The highest BCUT2D eigenvalue weighted by molar-refractivity contribution is 5.69. The molecule has 0 unspecified atom stereocenters. The molecule has 0 saturated carbocycles. The van der Waals surface area contributed by atoms with E-state index in [2.05, 4.69) is 6.92 Å². The van der Waals surface area contributed by atoms with Crippen LogP contribution in [0.15, 0.2) is 30.3 Å². The van der Waals surface area contributed by atoms with E-state index in [1.807, 2.05) is 37.3 Å². The molecule has 0 bridgehead atoms. The number of rotatable bonds is 10. The molecule has 20 heavy (non-hydrogen) atoms. The molecular weight excluding hydrogens is 252 g/mol. The summed E-state index contributed by atoms with van der Waals surface area (Å²) in [6.07, 6.45) is 6.10. The van der Waals surface area contributed by atoms with E-state index in [1.165, 1.54) is 19.3 Å². The van der Waals surface area contributed by atoms with Crippen molar-refractivity contribution in [3.8, 4) is 5.75 Å². The smallest absolute Gasteiger partial charge is 0.305 e. The van der Waals surface area contributed by atoms with Crippen LogP contribution in [-0.2, 0) is 9.53 Å². The number of hydrogen-bond donors (Lipinski definition) is 0. The van der Waals surface area contributed by atoms with Crippen molar-refractivity contribution in [3.63, 3.8) is 0 Å². The van der Waals surface area contributed by atoms with E-state index in [-0.39, 0.29) is 12.1 Å². The maximum Gasteiger partial charge on any atom is 0.305 e. The summed E-state index contributed by atoms with van der Waals surface area (Å²) in [6.45, 7) is 4.40. The summed E-state index contributed by atoms with van der Waals surface area (Å²) in [5, 5.41) is 0. The van der Waals surface area contributed by atoms with E-state index < -0.39 is 0 Å². The van der Waals surface area contributed by atoms with E-state index in [9.17, 15) is 4.79 Å². The Bertz CT molecular complexity index is 362. The minimum absolute atomic E-state index is 0.120. The first-order valence-corrected chi connectivity index (χ1v) is 7.59. The Hall–Kier alpha value is -1.51. The van der Waals surface area contributed by atoms with Crippen LogP contribution in [0.3, 0.4) is 0 Å². The molecule has 0 aromatic heterocycles. The molecule has 0 N–H and O–H groups in total. The normalized spacial score (nSPS) is 11.9. The van der Waals surface area contributed by atoms with Gasteiger partial charge in [0, 0.05) is 6.42 Å². The fraction of sp³-hybridized carbons (Fsp3) is 0.588. The van der Waals surface area contributed by atoms with Gasteiger partial charge in [0.05, 0.1) is 0 Å². The largest absolute Gasteiger partial charge is 0.487 e. The van der Waals surface area contributed by atoms with Crippen LogP contribution >= 0.6 is 0 Å². The Morgan fingerprint density at radius 2 is 1.80 bits per heavy atom. The van der Waals surface area contributed by atoms with E-state index in [0.29, 0.717) is 13.0 Å². The van der Waals surface area contributed by atoms with E-state index in [1.54, 1.807) is 0 Å². The zero-order valence-corrected chi connectivity index (χ0v) is 12.6. The van der Waals surface area contributed by atoms with Crippen molar-refractivity contribution in [1.29, 1.82) is 0 Å². The summed E-state index contributed by atoms with van der Waals surface area (Å²) >= 11 is 0. The molecule has 0 fully saturated rings. The highest BCUT2D eigenvalue weighted by atomic mass is 16.6. The number of esters is 1. The number of hydrogen-bond acceptors (Lipinski definition) is 3. The number of benzene rings is 1. The fourth-order valence-electron chi connectivity index (χ4n) is 1.92. The number of ether oxygens (including phenoxy) is 2. The van der Waals surface area contributed by atoms with Crippen molar-refractivity contribution in [2.45, 2.75) is 58.5 Å². The Labute approximate surface area is 122 Å².